The minimum absolute atomic E-state index is 0.0992. The zero-order chi connectivity index (χ0) is 15.9. The highest BCUT2D eigenvalue weighted by Crippen LogP contribution is 2.33. The number of rotatable bonds is 8. The molecular weight excluding hydrogens is 284 g/mol. The third-order valence-corrected chi connectivity index (χ3v) is 3.05. The summed E-state index contributed by atoms with van der Waals surface area (Å²) in [6, 6.07) is 5.37. The summed E-state index contributed by atoms with van der Waals surface area (Å²) in [6.45, 7) is 5.14. The van der Waals surface area contributed by atoms with Gasteiger partial charge in [0.15, 0.2) is 17.2 Å². The second-order valence-corrected chi connectivity index (χ2v) is 4.68. The Morgan fingerprint density at radius 1 is 1.23 bits per heavy atom. The number of benzene rings is 1. The summed E-state index contributed by atoms with van der Waals surface area (Å²) in [6.07, 6.45) is 2.03. The van der Waals surface area contributed by atoms with Crippen molar-refractivity contribution in [1.29, 1.82) is 0 Å². The van der Waals surface area contributed by atoms with Gasteiger partial charge in [0.2, 0.25) is 0 Å². The standard InChI is InChI=1S/C15H20N4O3/c1-3-5-8-22-11-7-6-10(9-12(11)21-4-2)13-14(15(16)20)18-19-17-13/h6-7,9H,3-5,8H2,1-2H3,(H2,16,20)(H,17,18,19). The Labute approximate surface area is 128 Å². The Morgan fingerprint density at radius 3 is 2.73 bits per heavy atom. The van der Waals surface area contributed by atoms with E-state index in [4.69, 9.17) is 15.2 Å². The Balaban J connectivity index is 2.32. The molecule has 3 N–H and O–H groups in total. The molecule has 0 saturated carbocycles. The highest BCUT2D eigenvalue weighted by atomic mass is 16.5. The fourth-order valence-corrected chi connectivity index (χ4v) is 1.97. The van der Waals surface area contributed by atoms with Gasteiger partial charge >= 0.3 is 0 Å². The number of hydrogen-bond donors (Lipinski definition) is 2. The van der Waals surface area contributed by atoms with Gasteiger partial charge in [-0.1, -0.05) is 13.3 Å². The highest BCUT2D eigenvalue weighted by Gasteiger charge is 2.17. The van der Waals surface area contributed by atoms with Crippen LogP contribution in [0.1, 0.15) is 37.2 Å². The quantitative estimate of drug-likeness (QED) is 0.727. The Bertz CT molecular complexity index is 639. The molecule has 1 amide bonds. The van der Waals surface area contributed by atoms with E-state index in [1.165, 1.54) is 0 Å². The number of hydrogen-bond acceptors (Lipinski definition) is 5. The highest BCUT2D eigenvalue weighted by molar-refractivity contribution is 5.96. The summed E-state index contributed by atoms with van der Waals surface area (Å²) in [4.78, 5) is 11.4. The first-order valence-electron chi connectivity index (χ1n) is 7.28. The molecule has 2 rings (SSSR count). The van der Waals surface area contributed by atoms with E-state index in [-0.39, 0.29) is 5.69 Å². The van der Waals surface area contributed by atoms with Crippen LogP contribution in [0.4, 0.5) is 0 Å². The Morgan fingerprint density at radius 2 is 2.05 bits per heavy atom. The van der Waals surface area contributed by atoms with Crippen molar-refractivity contribution in [2.45, 2.75) is 26.7 Å². The van der Waals surface area contributed by atoms with Crippen molar-refractivity contribution in [3.8, 4) is 22.8 Å². The Hall–Kier alpha value is -2.57. The lowest BCUT2D eigenvalue weighted by Gasteiger charge is -2.12. The van der Waals surface area contributed by atoms with E-state index in [9.17, 15) is 4.79 Å². The molecule has 0 saturated heterocycles. The summed E-state index contributed by atoms with van der Waals surface area (Å²) >= 11 is 0. The number of nitrogens with zero attached hydrogens (tertiary/aromatic N) is 2. The minimum atomic E-state index is -0.634. The van der Waals surface area contributed by atoms with Crippen molar-refractivity contribution in [2.24, 2.45) is 5.73 Å². The molecule has 0 aliphatic carbocycles. The average molecular weight is 304 g/mol. The van der Waals surface area contributed by atoms with Gasteiger partial charge < -0.3 is 15.2 Å². The first-order chi connectivity index (χ1) is 10.7. The van der Waals surface area contributed by atoms with E-state index in [1.54, 1.807) is 18.2 Å². The van der Waals surface area contributed by atoms with E-state index in [2.05, 4.69) is 22.3 Å². The van der Waals surface area contributed by atoms with E-state index >= 15 is 0 Å². The molecule has 1 aromatic heterocycles. The van der Waals surface area contributed by atoms with Crippen molar-refractivity contribution in [2.75, 3.05) is 13.2 Å². The molecule has 7 heteroatoms. The molecule has 1 heterocycles. The molecule has 2 aromatic rings. The summed E-state index contributed by atoms with van der Waals surface area (Å²) in [5.74, 6) is 0.641. The molecule has 118 valence electrons. The third-order valence-electron chi connectivity index (χ3n) is 3.05. The van der Waals surface area contributed by atoms with Crippen molar-refractivity contribution >= 4 is 5.91 Å². The van der Waals surface area contributed by atoms with Gasteiger partial charge in [0, 0.05) is 5.56 Å². The van der Waals surface area contributed by atoms with Crippen molar-refractivity contribution in [3.63, 3.8) is 0 Å². The molecule has 0 radical (unpaired) electrons. The number of carbonyl (C=O) groups excluding carboxylic acids is 1. The summed E-state index contributed by atoms with van der Waals surface area (Å²) in [5, 5.41) is 10.2. The maximum Gasteiger partial charge on any atom is 0.271 e. The maximum atomic E-state index is 11.4. The topological polar surface area (TPSA) is 103 Å². The lowest BCUT2D eigenvalue weighted by Crippen LogP contribution is -2.12. The number of H-pyrrole nitrogens is 1. The van der Waals surface area contributed by atoms with Gasteiger partial charge in [-0.2, -0.15) is 15.4 Å². The zero-order valence-electron chi connectivity index (χ0n) is 12.8. The first-order valence-corrected chi connectivity index (χ1v) is 7.28. The lowest BCUT2D eigenvalue weighted by atomic mass is 10.1. The molecule has 7 nitrogen and oxygen atoms in total. The number of amides is 1. The minimum Gasteiger partial charge on any atom is -0.490 e. The fraction of sp³-hybridized carbons (Fsp3) is 0.400. The van der Waals surface area contributed by atoms with Gasteiger partial charge in [-0.15, -0.1) is 0 Å². The smallest absolute Gasteiger partial charge is 0.271 e. The predicted octanol–water partition coefficient (Wildman–Crippen LogP) is 2.15. The third kappa shape index (κ3) is 3.55. The molecule has 1 aromatic carbocycles. The second-order valence-electron chi connectivity index (χ2n) is 4.68. The Kier molecular flexibility index (Phi) is 5.35. The molecule has 0 atom stereocenters. The van der Waals surface area contributed by atoms with Crippen LogP contribution < -0.4 is 15.2 Å². The summed E-state index contributed by atoms with van der Waals surface area (Å²) in [5.41, 5.74) is 6.47. The summed E-state index contributed by atoms with van der Waals surface area (Å²) < 4.78 is 11.3. The van der Waals surface area contributed by atoms with Crippen LogP contribution in [0.5, 0.6) is 11.5 Å². The van der Waals surface area contributed by atoms with Crippen LogP contribution in [-0.2, 0) is 0 Å². The van der Waals surface area contributed by atoms with Gasteiger partial charge in [0.25, 0.3) is 5.91 Å². The molecule has 0 aliphatic heterocycles. The SMILES string of the molecule is CCCCOc1ccc(-c2n[nH]nc2C(N)=O)cc1OCC. The van der Waals surface area contributed by atoms with Crippen LogP contribution in [0.15, 0.2) is 18.2 Å². The van der Waals surface area contributed by atoms with Crippen molar-refractivity contribution < 1.29 is 14.3 Å². The first kappa shape index (κ1) is 15.8. The monoisotopic (exact) mass is 304 g/mol. The maximum absolute atomic E-state index is 11.4. The zero-order valence-corrected chi connectivity index (χ0v) is 12.8. The molecule has 0 spiro atoms. The number of primary amides is 1. The van der Waals surface area contributed by atoms with Crippen LogP contribution in [0.2, 0.25) is 0 Å². The number of carbonyl (C=O) groups is 1. The van der Waals surface area contributed by atoms with Gasteiger partial charge in [-0.3, -0.25) is 4.79 Å². The molecule has 22 heavy (non-hydrogen) atoms. The van der Waals surface area contributed by atoms with Gasteiger partial charge in [0.05, 0.1) is 13.2 Å². The normalized spacial score (nSPS) is 10.5. The van der Waals surface area contributed by atoms with E-state index in [0.717, 1.165) is 12.8 Å². The van der Waals surface area contributed by atoms with Crippen LogP contribution in [0.25, 0.3) is 11.3 Å². The fourth-order valence-electron chi connectivity index (χ4n) is 1.97. The number of nitrogens with one attached hydrogen (secondary N) is 1. The lowest BCUT2D eigenvalue weighted by molar-refractivity contribution is 0.0996. The van der Waals surface area contributed by atoms with Crippen molar-refractivity contribution in [3.05, 3.63) is 23.9 Å². The molecule has 0 fully saturated rings. The van der Waals surface area contributed by atoms with Crippen LogP contribution in [0, 0.1) is 0 Å². The number of unbranched alkanes of at least 4 members (excludes halogenated alkanes) is 1. The number of aromatic nitrogens is 3. The molecule has 0 unspecified atom stereocenters. The second kappa shape index (κ2) is 7.44. The van der Waals surface area contributed by atoms with Crippen molar-refractivity contribution in [1.82, 2.24) is 15.4 Å². The number of aromatic amines is 1. The van der Waals surface area contributed by atoms with Gasteiger partial charge in [-0.05, 0) is 31.5 Å². The van der Waals surface area contributed by atoms with Gasteiger partial charge in [0.1, 0.15) is 5.69 Å². The average Bonchev–Trinajstić information content (AvgIpc) is 2.99. The predicted molar refractivity (Wildman–Crippen MR) is 81.9 cm³/mol. The van der Waals surface area contributed by atoms with E-state index < -0.39 is 5.91 Å². The van der Waals surface area contributed by atoms with Crippen LogP contribution in [0.3, 0.4) is 0 Å². The van der Waals surface area contributed by atoms with E-state index in [1.807, 2.05) is 6.92 Å². The molecule has 0 bridgehead atoms. The number of nitrogens with two attached hydrogens (primary N) is 1. The van der Waals surface area contributed by atoms with Crippen LogP contribution in [-0.4, -0.2) is 34.5 Å². The van der Waals surface area contributed by atoms with E-state index in [0.29, 0.717) is 36.0 Å². The van der Waals surface area contributed by atoms with Crippen LogP contribution >= 0.6 is 0 Å². The molecule has 0 aliphatic rings. The molecular formula is C15H20N4O3. The summed E-state index contributed by atoms with van der Waals surface area (Å²) in [7, 11) is 0. The number of ether oxygens (including phenoxy) is 2. The largest absolute Gasteiger partial charge is 0.490 e. The van der Waals surface area contributed by atoms with Gasteiger partial charge in [-0.25, -0.2) is 0 Å².